The zero-order chi connectivity index (χ0) is 13.7. The number of phenolic OH excluding ortho intramolecular Hbond substituents is 1. The highest BCUT2D eigenvalue weighted by Gasteiger charge is 2.06. The van der Waals surface area contributed by atoms with Gasteiger partial charge in [-0.05, 0) is 37.3 Å². The van der Waals surface area contributed by atoms with E-state index in [2.05, 4.69) is 15.5 Å². The molecular formula is C14H15N3O2. The minimum atomic E-state index is 0.157. The molecular weight excluding hydrogens is 242 g/mol. The molecule has 0 saturated carbocycles. The normalized spacial score (nSPS) is 11.2. The van der Waals surface area contributed by atoms with Crippen molar-refractivity contribution in [1.29, 1.82) is 0 Å². The van der Waals surface area contributed by atoms with Gasteiger partial charge >= 0.3 is 0 Å². The van der Waals surface area contributed by atoms with Crippen LogP contribution < -0.4 is 10.2 Å². The van der Waals surface area contributed by atoms with E-state index in [1.54, 1.807) is 38.4 Å². The first-order valence-corrected chi connectivity index (χ1v) is 5.79. The molecule has 0 spiro atoms. The van der Waals surface area contributed by atoms with E-state index in [-0.39, 0.29) is 5.75 Å². The maximum Gasteiger partial charge on any atom is 0.146 e. The van der Waals surface area contributed by atoms with Crippen LogP contribution in [0.5, 0.6) is 11.5 Å². The number of nitrogens with zero attached hydrogens (tertiary/aromatic N) is 2. The molecule has 2 N–H and O–H groups in total. The largest absolute Gasteiger partial charge is 0.507 e. The number of anilines is 1. The number of hydrogen-bond donors (Lipinski definition) is 2. The third-order valence-electron chi connectivity index (χ3n) is 2.60. The summed E-state index contributed by atoms with van der Waals surface area (Å²) in [5, 5.41) is 14.0. The lowest BCUT2D eigenvalue weighted by Gasteiger charge is -2.07. The van der Waals surface area contributed by atoms with Gasteiger partial charge in [-0.25, -0.2) is 4.98 Å². The monoisotopic (exact) mass is 257 g/mol. The van der Waals surface area contributed by atoms with Crippen molar-refractivity contribution in [3.63, 3.8) is 0 Å². The van der Waals surface area contributed by atoms with Crippen LogP contribution in [-0.4, -0.2) is 22.9 Å². The molecule has 1 aromatic carbocycles. The topological polar surface area (TPSA) is 66.7 Å². The van der Waals surface area contributed by atoms with Gasteiger partial charge in [0.15, 0.2) is 0 Å². The van der Waals surface area contributed by atoms with E-state index < -0.39 is 0 Å². The Labute approximate surface area is 111 Å². The lowest BCUT2D eigenvalue weighted by atomic mass is 10.1. The van der Waals surface area contributed by atoms with Crippen molar-refractivity contribution in [2.24, 2.45) is 5.10 Å². The minimum absolute atomic E-state index is 0.157. The summed E-state index contributed by atoms with van der Waals surface area (Å²) in [4.78, 5) is 4.10. The predicted octanol–water partition coefficient (Wildman–Crippen LogP) is 2.63. The number of hydrogen-bond acceptors (Lipinski definition) is 5. The maximum absolute atomic E-state index is 9.82. The number of nitrogens with one attached hydrogen (secondary N) is 1. The summed E-state index contributed by atoms with van der Waals surface area (Å²) in [5.41, 5.74) is 4.09. The van der Waals surface area contributed by atoms with E-state index in [1.165, 1.54) is 0 Å². The first-order valence-electron chi connectivity index (χ1n) is 5.79. The van der Waals surface area contributed by atoms with Gasteiger partial charge < -0.3 is 9.84 Å². The third-order valence-corrected chi connectivity index (χ3v) is 2.60. The van der Waals surface area contributed by atoms with Crippen LogP contribution in [0.2, 0.25) is 0 Å². The van der Waals surface area contributed by atoms with Crippen LogP contribution in [0.15, 0.2) is 47.7 Å². The molecule has 0 radical (unpaired) electrons. The Morgan fingerprint density at radius 1 is 1.32 bits per heavy atom. The summed E-state index contributed by atoms with van der Waals surface area (Å²) >= 11 is 0. The average molecular weight is 257 g/mol. The molecule has 0 unspecified atom stereocenters. The summed E-state index contributed by atoms with van der Waals surface area (Å²) in [6.45, 7) is 1.80. The second-order valence-electron chi connectivity index (χ2n) is 3.91. The SMILES string of the molecule is COc1ccc(O)c(/C(C)=N/Nc2ccccn2)c1. The van der Waals surface area contributed by atoms with Crippen molar-refractivity contribution in [3.05, 3.63) is 48.2 Å². The smallest absolute Gasteiger partial charge is 0.146 e. The summed E-state index contributed by atoms with van der Waals surface area (Å²) in [7, 11) is 1.58. The average Bonchev–Trinajstić information content (AvgIpc) is 2.46. The highest BCUT2D eigenvalue weighted by atomic mass is 16.5. The van der Waals surface area contributed by atoms with Gasteiger partial charge in [0, 0.05) is 11.8 Å². The standard InChI is InChI=1S/C14H15N3O2/c1-10(16-17-14-5-3-4-8-15-14)12-9-11(19-2)6-7-13(12)18/h3-9,18H,1-2H3,(H,15,17)/b16-10+. The van der Waals surface area contributed by atoms with Crippen LogP contribution in [0.25, 0.3) is 0 Å². The van der Waals surface area contributed by atoms with Gasteiger partial charge in [-0.15, -0.1) is 0 Å². The first-order chi connectivity index (χ1) is 9.20. The van der Waals surface area contributed by atoms with Crippen LogP contribution in [0.4, 0.5) is 5.82 Å². The number of hydrazone groups is 1. The fourth-order valence-corrected chi connectivity index (χ4v) is 1.56. The number of aromatic hydroxyl groups is 1. The number of methoxy groups -OCH3 is 1. The molecule has 1 aromatic heterocycles. The van der Waals surface area contributed by atoms with E-state index in [1.807, 2.05) is 18.2 Å². The molecule has 0 fully saturated rings. The molecule has 0 aliphatic rings. The Kier molecular flexibility index (Phi) is 3.97. The van der Waals surface area contributed by atoms with Gasteiger partial charge in [-0.2, -0.15) is 5.10 Å². The molecule has 98 valence electrons. The molecule has 0 amide bonds. The molecule has 5 heteroatoms. The summed E-state index contributed by atoms with van der Waals surface area (Å²) in [6.07, 6.45) is 1.68. The molecule has 0 aliphatic heterocycles. The lowest BCUT2D eigenvalue weighted by Crippen LogP contribution is -2.01. The van der Waals surface area contributed by atoms with Gasteiger partial charge in [-0.1, -0.05) is 6.07 Å². The second-order valence-corrected chi connectivity index (χ2v) is 3.91. The van der Waals surface area contributed by atoms with Crippen molar-refractivity contribution in [3.8, 4) is 11.5 Å². The van der Waals surface area contributed by atoms with Crippen LogP contribution in [0.3, 0.4) is 0 Å². The fourth-order valence-electron chi connectivity index (χ4n) is 1.56. The number of phenols is 1. The van der Waals surface area contributed by atoms with E-state index in [9.17, 15) is 5.11 Å². The minimum Gasteiger partial charge on any atom is -0.507 e. The van der Waals surface area contributed by atoms with Gasteiger partial charge in [0.05, 0.1) is 12.8 Å². The van der Waals surface area contributed by atoms with Gasteiger partial charge in [0.1, 0.15) is 17.3 Å². The van der Waals surface area contributed by atoms with Crippen LogP contribution >= 0.6 is 0 Å². The molecule has 0 aliphatic carbocycles. The lowest BCUT2D eigenvalue weighted by molar-refractivity contribution is 0.412. The van der Waals surface area contributed by atoms with Crippen LogP contribution in [-0.2, 0) is 0 Å². The molecule has 2 rings (SSSR count). The van der Waals surface area contributed by atoms with Gasteiger partial charge in [-0.3, -0.25) is 5.43 Å². The molecule has 0 saturated heterocycles. The van der Waals surface area contributed by atoms with Crippen LogP contribution in [0, 0.1) is 0 Å². The number of benzene rings is 1. The maximum atomic E-state index is 9.82. The molecule has 19 heavy (non-hydrogen) atoms. The van der Waals surface area contributed by atoms with Gasteiger partial charge in [0.25, 0.3) is 0 Å². The molecule has 0 bridgehead atoms. The highest BCUT2D eigenvalue weighted by molar-refractivity contribution is 6.01. The summed E-state index contributed by atoms with van der Waals surface area (Å²) < 4.78 is 5.12. The Hall–Kier alpha value is -2.56. The first kappa shape index (κ1) is 12.9. The van der Waals surface area contributed by atoms with Crippen molar-refractivity contribution >= 4 is 11.5 Å². The van der Waals surface area contributed by atoms with E-state index in [4.69, 9.17) is 4.74 Å². The summed E-state index contributed by atoms with van der Waals surface area (Å²) in [6, 6.07) is 10.5. The number of aromatic nitrogens is 1. The molecule has 1 heterocycles. The number of ether oxygens (including phenoxy) is 1. The third kappa shape index (κ3) is 3.22. The Bertz CT molecular complexity index is 582. The quantitative estimate of drug-likeness (QED) is 0.652. The zero-order valence-corrected chi connectivity index (χ0v) is 10.8. The highest BCUT2D eigenvalue weighted by Crippen LogP contribution is 2.23. The Morgan fingerprint density at radius 2 is 2.16 bits per heavy atom. The van der Waals surface area contributed by atoms with Crippen molar-refractivity contribution in [1.82, 2.24) is 4.98 Å². The fraction of sp³-hybridized carbons (Fsp3) is 0.143. The number of pyridine rings is 1. The molecule has 0 atom stereocenters. The van der Waals surface area contributed by atoms with Crippen LogP contribution in [0.1, 0.15) is 12.5 Å². The summed E-state index contributed by atoms with van der Waals surface area (Å²) in [5.74, 6) is 1.47. The Morgan fingerprint density at radius 3 is 2.84 bits per heavy atom. The van der Waals surface area contributed by atoms with E-state index in [0.29, 0.717) is 22.8 Å². The molecule has 5 nitrogen and oxygen atoms in total. The van der Waals surface area contributed by atoms with Crippen molar-refractivity contribution in [2.75, 3.05) is 12.5 Å². The van der Waals surface area contributed by atoms with Crippen molar-refractivity contribution < 1.29 is 9.84 Å². The van der Waals surface area contributed by atoms with E-state index >= 15 is 0 Å². The Balaban J connectivity index is 2.21. The molecule has 2 aromatic rings. The second kappa shape index (κ2) is 5.86. The number of rotatable bonds is 4. The van der Waals surface area contributed by atoms with E-state index in [0.717, 1.165) is 0 Å². The van der Waals surface area contributed by atoms with Crippen molar-refractivity contribution in [2.45, 2.75) is 6.92 Å². The zero-order valence-electron chi connectivity index (χ0n) is 10.8. The van der Waals surface area contributed by atoms with Gasteiger partial charge in [0.2, 0.25) is 0 Å². The predicted molar refractivity (Wildman–Crippen MR) is 74.7 cm³/mol.